The topological polar surface area (TPSA) is 66.4 Å². The summed E-state index contributed by atoms with van der Waals surface area (Å²) in [6, 6.07) is 10.1. The predicted octanol–water partition coefficient (Wildman–Crippen LogP) is 3.36. The molecular formula is C15H11ClFNO3. The van der Waals surface area contributed by atoms with Gasteiger partial charge in [-0.2, -0.15) is 0 Å². The first kappa shape index (κ1) is 15.0. The zero-order valence-electron chi connectivity index (χ0n) is 10.8. The summed E-state index contributed by atoms with van der Waals surface area (Å²) in [4.78, 5) is 22.6. The molecule has 0 fully saturated rings. The van der Waals surface area contributed by atoms with Gasteiger partial charge >= 0.3 is 5.97 Å². The third-order valence-electron chi connectivity index (χ3n) is 2.72. The summed E-state index contributed by atoms with van der Waals surface area (Å²) in [5.41, 5.74) is 0.799. The largest absolute Gasteiger partial charge is 0.481 e. The summed E-state index contributed by atoms with van der Waals surface area (Å²) in [7, 11) is 0. The summed E-state index contributed by atoms with van der Waals surface area (Å²) in [6.07, 6.45) is -0.154. The van der Waals surface area contributed by atoms with E-state index in [1.54, 1.807) is 18.2 Å². The monoisotopic (exact) mass is 307 g/mol. The molecule has 0 bridgehead atoms. The van der Waals surface area contributed by atoms with Crippen molar-refractivity contribution < 1.29 is 19.1 Å². The Morgan fingerprint density at radius 2 is 1.95 bits per heavy atom. The van der Waals surface area contributed by atoms with Gasteiger partial charge in [0.2, 0.25) is 0 Å². The molecular weight excluding hydrogens is 297 g/mol. The number of carboxylic acids is 1. The van der Waals surface area contributed by atoms with Gasteiger partial charge < -0.3 is 10.4 Å². The second-order valence-electron chi connectivity index (χ2n) is 4.35. The molecule has 0 unspecified atom stereocenters. The minimum absolute atomic E-state index is 0.136. The lowest BCUT2D eigenvalue weighted by Gasteiger charge is -2.07. The lowest BCUT2D eigenvalue weighted by Crippen LogP contribution is -2.14. The standard InChI is InChI=1S/C15H11ClFNO3/c16-10-4-5-12(13(17)8-10)15(21)18-11-3-1-2-9(6-11)7-14(19)20/h1-6,8H,7H2,(H,18,21)(H,19,20). The molecule has 0 aliphatic carbocycles. The number of carbonyl (C=O) groups is 2. The molecule has 6 heteroatoms. The smallest absolute Gasteiger partial charge is 0.307 e. The highest BCUT2D eigenvalue weighted by molar-refractivity contribution is 6.30. The number of carbonyl (C=O) groups excluding carboxylic acids is 1. The SMILES string of the molecule is O=C(O)Cc1cccc(NC(=O)c2ccc(Cl)cc2F)c1. The Morgan fingerprint density at radius 1 is 1.19 bits per heavy atom. The van der Waals surface area contributed by atoms with Gasteiger partial charge in [-0.05, 0) is 35.9 Å². The van der Waals surface area contributed by atoms with Gasteiger partial charge in [-0.25, -0.2) is 4.39 Å². The molecule has 0 aromatic heterocycles. The van der Waals surface area contributed by atoms with Crippen LogP contribution in [0.2, 0.25) is 5.02 Å². The van der Waals surface area contributed by atoms with Crippen molar-refractivity contribution in [2.24, 2.45) is 0 Å². The summed E-state index contributed by atoms with van der Waals surface area (Å²) < 4.78 is 13.6. The highest BCUT2D eigenvalue weighted by Gasteiger charge is 2.12. The molecule has 4 nitrogen and oxygen atoms in total. The Balaban J connectivity index is 2.17. The third-order valence-corrected chi connectivity index (χ3v) is 2.95. The zero-order chi connectivity index (χ0) is 15.4. The zero-order valence-corrected chi connectivity index (χ0v) is 11.5. The number of rotatable bonds is 4. The van der Waals surface area contributed by atoms with Crippen LogP contribution < -0.4 is 5.32 Å². The van der Waals surface area contributed by atoms with E-state index in [2.05, 4.69) is 5.32 Å². The van der Waals surface area contributed by atoms with E-state index >= 15 is 0 Å². The van der Waals surface area contributed by atoms with Crippen molar-refractivity contribution in [3.63, 3.8) is 0 Å². The fourth-order valence-corrected chi connectivity index (χ4v) is 1.96. The molecule has 0 saturated carbocycles. The number of hydrogen-bond donors (Lipinski definition) is 2. The Morgan fingerprint density at radius 3 is 2.62 bits per heavy atom. The van der Waals surface area contributed by atoms with Crippen LogP contribution in [0.5, 0.6) is 0 Å². The van der Waals surface area contributed by atoms with Crippen molar-refractivity contribution in [2.75, 3.05) is 5.32 Å². The summed E-state index contributed by atoms with van der Waals surface area (Å²) in [6.45, 7) is 0. The number of benzene rings is 2. The lowest BCUT2D eigenvalue weighted by molar-refractivity contribution is -0.136. The van der Waals surface area contributed by atoms with Crippen molar-refractivity contribution in [1.82, 2.24) is 0 Å². The fraction of sp³-hybridized carbons (Fsp3) is 0.0667. The first-order valence-electron chi connectivity index (χ1n) is 6.03. The maximum Gasteiger partial charge on any atom is 0.307 e. The van der Waals surface area contributed by atoms with Gasteiger partial charge in [-0.15, -0.1) is 0 Å². The average Bonchev–Trinajstić information content (AvgIpc) is 2.37. The average molecular weight is 308 g/mol. The lowest BCUT2D eigenvalue weighted by atomic mass is 10.1. The van der Waals surface area contributed by atoms with Gasteiger partial charge in [-0.3, -0.25) is 9.59 Å². The molecule has 0 saturated heterocycles. The molecule has 2 rings (SSSR count). The van der Waals surface area contributed by atoms with E-state index in [1.165, 1.54) is 18.2 Å². The maximum absolute atomic E-state index is 13.6. The van der Waals surface area contributed by atoms with E-state index in [9.17, 15) is 14.0 Å². The van der Waals surface area contributed by atoms with Crippen LogP contribution in [-0.2, 0) is 11.2 Å². The number of aliphatic carboxylic acids is 1. The third kappa shape index (κ3) is 4.03. The minimum Gasteiger partial charge on any atom is -0.481 e. The number of carboxylic acid groups (broad SMARTS) is 1. The van der Waals surface area contributed by atoms with Crippen molar-refractivity contribution in [2.45, 2.75) is 6.42 Å². The molecule has 0 heterocycles. The Bertz CT molecular complexity index is 703. The Labute approximate surface area is 125 Å². The molecule has 0 aliphatic rings. The van der Waals surface area contributed by atoms with Crippen LogP contribution in [-0.4, -0.2) is 17.0 Å². The van der Waals surface area contributed by atoms with Crippen molar-refractivity contribution >= 4 is 29.2 Å². The maximum atomic E-state index is 13.6. The van der Waals surface area contributed by atoms with Crippen LogP contribution in [0.15, 0.2) is 42.5 Å². The van der Waals surface area contributed by atoms with E-state index in [0.29, 0.717) is 11.3 Å². The van der Waals surface area contributed by atoms with Crippen LogP contribution in [0.25, 0.3) is 0 Å². The number of amides is 1. The highest BCUT2D eigenvalue weighted by atomic mass is 35.5. The van der Waals surface area contributed by atoms with Gasteiger partial charge in [0.25, 0.3) is 5.91 Å². The van der Waals surface area contributed by atoms with Crippen LogP contribution in [0, 0.1) is 5.82 Å². The number of nitrogens with one attached hydrogen (secondary N) is 1. The molecule has 0 radical (unpaired) electrons. The second kappa shape index (κ2) is 6.37. The fourth-order valence-electron chi connectivity index (χ4n) is 1.81. The molecule has 2 aromatic rings. The minimum atomic E-state index is -0.970. The number of halogens is 2. The Hall–Kier alpha value is -2.40. The number of hydrogen-bond acceptors (Lipinski definition) is 2. The van der Waals surface area contributed by atoms with Crippen molar-refractivity contribution in [1.29, 1.82) is 0 Å². The summed E-state index contributed by atoms with van der Waals surface area (Å²) >= 11 is 5.62. The van der Waals surface area contributed by atoms with Crippen LogP contribution in [0.4, 0.5) is 10.1 Å². The van der Waals surface area contributed by atoms with Gasteiger partial charge in [0.15, 0.2) is 0 Å². The molecule has 1 amide bonds. The van der Waals surface area contributed by atoms with E-state index < -0.39 is 17.7 Å². The van der Waals surface area contributed by atoms with Gasteiger partial charge in [0.1, 0.15) is 5.82 Å². The summed E-state index contributed by atoms with van der Waals surface area (Å²) in [5.74, 6) is -2.32. The van der Waals surface area contributed by atoms with Crippen molar-refractivity contribution in [3.8, 4) is 0 Å². The van der Waals surface area contributed by atoms with Gasteiger partial charge in [0, 0.05) is 10.7 Å². The first-order chi connectivity index (χ1) is 9.95. The van der Waals surface area contributed by atoms with Crippen LogP contribution in [0.3, 0.4) is 0 Å². The Kier molecular flexibility index (Phi) is 4.55. The van der Waals surface area contributed by atoms with E-state index in [-0.39, 0.29) is 17.0 Å². The van der Waals surface area contributed by atoms with Crippen molar-refractivity contribution in [3.05, 3.63) is 64.4 Å². The molecule has 0 spiro atoms. The highest BCUT2D eigenvalue weighted by Crippen LogP contribution is 2.17. The van der Waals surface area contributed by atoms with Gasteiger partial charge in [-0.1, -0.05) is 23.7 Å². The molecule has 0 atom stereocenters. The predicted molar refractivity (Wildman–Crippen MR) is 77.1 cm³/mol. The second-order valence-corrected chi connectivity index (χ2v) is 4.79. The summed E-state index contributed by atoms with van der Waals surface area (Å²) in [5, 5.41) is 11.4. The quantitative estimate of drug-likeness (QED) is 0.910. The van der Waals surface area contributed by atoms with E-state index in [0.717, 1.165) is 6.07 Å². The van der Waals surface area contributed by atoms with E-state index in [4.69, 9.17) is 16.7 Å². The van der Waals surface area contributed by atoms with Gasteiger partial charge in [0.05, 0.1) is 12.0 Å². The molecule has 21 heavy (non-hydrogen) atoms. The first-order valence-corrected chi connectivity index (χ1v) is 6.40. The van der Waals surface area contributed by atoms with Crippen LogP contribution in [0.1, 0.15) is 15.9 Å². The molecule has 108 valence electrons. The van der Waals surface area contributed by atoms with E-state index in [1.807, 2.05) is 0 Å². The molecule has 0 aliphatic heterocycles. The molecule has 2 N–H and O–H groups in total. The molecule has 2 aromatic carbocycles. The number of anilines is 1. The normalized spacial score (nSPS) is 10.2. The van der Waals surface area contributed by atoms with Crippen LogP contribution >= 0.6 is 11.6 Å².